The molecule has 0 saturated carbocycles. The second-order valence-corrected chi connectivity index (χ2v) is 4.09. The molecule has 76 valence electrons. The van der Waals surface area contributed by atoms with Crippen LogP contribution in [0.1, 0.15) is 42.5 Å². The van der Waals surface area contributed by atoms with Crippen LogP contribution < -0.4 is 5.73 Å². The number of aryl methyl sites for hydroxylation is 1. The van der Waals surface area contributed by atoms with Gasteiger partial charge in [0.25, 0.3) is 0 Å². The van der Waals surface area contributed by atoms with E-state index in [1.807, 2.05) is 13.0 Å². The van der Waals surface area contributed by atoms with Crippen molar-refractivity contribution in [3.63, 3.8) is 0 Å². The molecular formula is C12H16FN. The molecule has 0 aromatic heterocycles. The van der Waals surface area contributed by atoms with Gasteiger partial charge in [0.2, 0.25) is 0 Å². The molecule has 1 aliphatic rings. The van der Waals surface area contributed by atoms with Gasteiger partial charge in [-0.2, -0.15) is 0 Å². The first-order valence-electron chi connectivity index (χ1n) is 5.26. The number of hydrogen-bond donors (Lipinski definition) is 1. The molecule has 1 aromatic carbocycles. The van der Waals surface area contributed by atoms with E-state index in [2.05, 4.69) is 0 Å². The van der Waals surface area contributed by atoms with E-state index in [1.54, 1.807) is 6.07 Å². The highest BCUT2D eigenvalue weighted by Crippen LogP contribution is 2.29. The maximum absolute atomic E-state index is 13.5. The maximum Gasteiger partial charge on any atom is 0.128 e. The number of halogens is 1. The van der Waals surface area contributed by atoms with Crippen LogP contribution in [0.4, 0.5) is 4.39 Å². The summed E-state index contributed by atoms with van der Waals surface area (Å²) in [6.45, 7) is 1.85. The van der Waals surface area contributed by atoms with Crippen molar-refractivity contribution in [3.8, 4) is 0 Å². The van der Waals surface area contributed by atoms with E-state index in [-0.39, 0.29) is 11.9 Å². The summed E-state index contributed by atoms with van der Waals surface area (Å²) in [7, 11) is 0. The van der Waals surface area contributed by atoms with Gasteiger partial charge in [0.15, 0.2) is 0 Å². The molecule has 0 amide bonds. The van der Waals surface area contributed by atoms with Crippen molar-refractivity contribution in [3.05, 3.63) is 34.6 Å². The summed E-state index contributed by atoms with van der Waals surface area (Å²) in [6.07, 6.45) is 4.45. The molecule has 2 rings (SSSR count). The zero-order valence-electron chi connectivity index (χ0n) is 8.52. The first kappa shape index (κ1) is 9.66. The molecule has 0 fully saturated rings. The molecule has 0 heterocycles. The van der Waals surface area contributed by atoms with E-state index >= 15 is 0 Å². The van der Waals surface area contributed by atoms with Crippen LogP contribution in [-0.4, -0.2) is 0 Å². The summed E-state index contributed by atoms with van der Waals surface area (Å²) in [4.78, 5) is 0. The third-order valence-electron chi connectivity index (χ3n) is 2.98. The smallest absolute Gasteiger partial charge is 0.128 e. The molecule has 0 saturated heterocycles. The molecule has 0 unspecified atom stereocenters. The number of fused-ring (bicyclic) bond motifs is 1. The van der Waals surface area contributed by atoms with Gasteiger partial charge in [-0.1, -0.05) is 6.07 Å². The SMILES string of the molecule is C[C@H](N)c1c(F)ccc2c1CCCC2. The Morgan fingerprint density at radius 1 is 1.29 bits per heavy atom. The molecule has 0 spiro atoms. The Morgan fingerprint density at radius 2 is 2.00 bits per heavy atom. The normalized spacial score (nSPS) is 17.6. The second kappa shape index (κ2) is 3.70. The second-order valence-electron chi connectivity index (χ2n) is 4.09. The fourth-order valence-corrected chi connectivity index (χ4v) is 2.32. The Bertz CT molecular complexity index is 344. The molecule has 1 aliphatic carbocycles. The summed E-state index contributed by atoms with van der Waals surface area (Å²) in [5.74, 6) is -0.138. The number of hydrogen-bond acceptors (Lipinski definition) is 1. The topological polar surface area (TPSA) is 26.0 Å². The van der Waals surface area contributed by atoms with Crippen LogP contribution in [0.25, 0.3) is 0 Å². The largest absolute Gasteiger partial charge is 0.324 e. The van der Waals surface area contributed by atoms with Crippen molar-refractivity contribution < 1.29 is 4.39 Å². The van der Waals surface area contributed by atoms with Crippen molar-refractivity contribution in [2.45, 2.75) is 38.6 Å². The Kier molecular flexibility index (Phi) is 2.55. The van der Waals surface area contributed by atoms with Crippen molar-refractivity contribution in [2.24, 2.45) is 5.73 Å². The highest BCUT2D eigenvalue weighted by Gasteiger charge is 2.18. The molecule has 2 heteroatoms. The Morgan fingerprint density at radius 3 is 2.71 bits per heavy atom. The van der Waals surface area contributed by atoms with Crippen LogP contribution in [0.15, 0.2) is 12.1 Å². The average molecular weight is 193 g/mol. The molecule has 2 N–H and O–H groups in total. The van der Waals surface area contributed by atoms with E-state index in [4.69, 9.17) is 5.73 Å². The minimum Gasteiger partial charge on any atom is -0.324 e. The lowest BCUT2D eigenvalue weighted by Gasteiger charge is -2.21. The fraction of sp³-hybridized carbons (Fsp3) is 0.500. The van der Waals surface area contributed by atoms with Gasteiger partial charge < -0.3 is 5.73 Å². The molecule has 1 aromatic rings. The van der Waals surface area contributed by atoms with Crippen LogP contribution in [0.3, 0.4) is 0 Å². The maximum atomic E-state index is 13.5. The van der Waals surface area contributed by atoms with Gasteiger partial charge in [0.1, 0.15) is 5.82 Å². The Labute approximate surface area is 84.1 Å². The molecular weight excluding hydrogens is 177 g/mol. The molecule has 1 atom stereocenters. The van der Waals surface area contributed by atoms with E-state index < -0.39 is 0 Å². The highest BCUT2D eigenvalue weighted by atomic mass is 19.1. The predicted octanol–water partition coefficient (Wildman–Crippen LogP) is 2.72. The molecule has 14 heavy (non-hydrogen) atoms. The van der Waals surface area contributed by atoms with Crippen LogP contribution >= 0.6 is 0 Å². The van der Waals surface area contributed by atoms with Gasteiger partial charge >= 0.3 is 0 Å². The number of benzene rings is 1. The van der Waals surface area contributed by atoms with Crippen LogP contribution in [0.5, 0.6) is 0 Å². The number of rotatable bonds is 1. The van der Waals surface area contributed by atoms with Crippen LogP contribution in [0, 0.1) is 5.82 Å². The fourth-order valence-electron chi connectivity index (χ4n) is 2.32. The predicted molar refractivity (Wildman–Crippen MR) is 55.6 cm³/mol. The third-order valence-corrected chi connectivity index (χ3v) is 2.98. The zero-order valence-corrected chi connectivity index (χ0v) is 8.52. The minimum atomic E-state index is -0.192. The van der Waals surface area contributed by atoms with Gasteiger partial charge in [0, 0.05) is 11.6 Å². The van der Waals surface area contributed by atoms with Crippen molar-refractivity contribution >= 4 is 0 Å². The standard InChI is InChI=1S/C12H16FN/c1-8(14)12-10-5-3-2-4-9(10)6-7-11(12)13/h6-8H,2-5,14H2,1H3/t8-/m0/s1. The zero-order chi connectivity index (χ0) is 10.1. The van der Waals surface area contributed by atoms with Crippen molar-refractivity contribution in [1.29, 1.82) is 0 Å². The van der Waals surface area contributed by atoms with Gasteiger partial charge in [-0.3, -0.25) is 0 Å². The lowest BCUT2D eigenvalue weighted by atomic mass is 9.86. The molecule has 1 nitrogen and oxygen atoms in total. The summed E-state index contributed by atoms with van der Waals surface area (Å²) in [5, 5.41) is 0. The average Bonchev–Trinajstić information content (AvgIpc) is 2.17. The van der Waals surface area contributed by atoms with Crippen molar-refractivity contribution in [1.82, 2.24) is 0 Å². The Balaban J connectivity index is 2.55. The van der Waals surface area contributed by atoms with Gasteiger partial charge in [0.05, 0.1) is 0 Å². The first-order chi connectivity index (χ1) is 6.70. The highest BCUT2D eigenvalue weighted by molar-refractivity contribution is 5.39. The lowest BCUT2D eigenvalue weighted by Crippen LogP contribution is -2.15. The minimum absolute atomic E-state index is 0.138. The summed E-state index contributed by atoms with van der Waals surface area (Å²) >= 11 is 0. The van der Waals surface area contributed by atoms with Gasteiger partial charge in [-0.15, -0.1) is 0 Å². The monoisotopic (exact) mass is 193 g/mol. The van der Waals surface area contributed by atoms with Crippen LogP contribution in [-0.2, 0) is 12.8 Å². The lowest BCUT2D eigenvalue weighted by molar-refractivity contribution is 0.575. The van der Waals surface area contributed by atoms with E-state index in [0.717, 1.165) is 24.8 Å². The Hall–Kier alpha value is -0.890. The van der Waals surface area contributed by atoms with Crippen LogP contribution in [0.2, 0.25) is 0 Å². The van der Waals surface area contributed by atoms with Gasteiger partial charge in [-0.05, 0) is 49.8 Å². The van der Waals surface area contributed by atoms with E-state index in [1.165, 1.54) is 17.5 Å². The summed E-state index contributed by atoms with van der Waals surface area (Å²) in [6, 6.07) is 3.28. The van der Waals surface area contributed by atoms with Crippen molar-refractivity contribution in [2.75, 3.05) is 0 Å². The van der Waals surface area contributed by atoms with E-state index in [9.17, 15) is 4.39 Å². The molecule has 0 aliphatic heterocycles. The molecule has 0 bridgehead atoms. The molecule has 0 radical (unpaired) electrons. The quantitative estimate of drug-likeness (QED) is 0.729. The van der Waals surface area contributed by atoms with Gasteiger partial charge in [-0.25, -0.2) is 4.39 Å². The summed E-state index contributed by atoms with van der Waals surface area (Å²) in [5.41, 5.74) is 9.01. The van der Waals surface area contributed by atoms with E-state index in [0.29, 0.717) is 0 Å². The number of nitrogens with two attached hydrogens (primary N) is 1. The summed E-state index contributed by atoms with van der Waals surface area (Å²) < 4.78 is 13.5. The third kappa shape index (κ3) is 1.55. The first-order valence-corrected chi connectivity index (χ1v) is 5.26.